The molecule has 0 spiro atoms. The van der Waals surface area contributed by atoms with Crippen molar-refractivity contribution in [1.82, 2.24) is 4.90 Å². The molecule has 1 aromatic rings. The average Bonchev–Trinajstić information content (AvgIpc) is 2.85. The fourth-order valence-corrected chi connectivity index (χ4v) is 5.58. The number of hydrogen-bond donors (Lipinski definition) is 0. The molecule has 0 saturated heterocycles. The van der Waals surface area contributed by atoms with Gasteiger partial charge in [0.2, 0.25) is 5.91 Å². The van der Waals surface area contributed by atoms with Gasteiger partial charge in [-0.1, -0.05) is 58.2 Å². The van der Waals surface area contributed by atoms with Crippen LogP contribution in [-0.4, -0.2) is 37.0 Å². The van der Waals surface area contributed by atoms with Gasteiger partial charge in [-0.15, -0.1) is 0 Å². The first-order chi connectivity index (χ1) is 11.9. The van der Waals surface area contributed by atoms with E-state index in [1.54, 1.807) is 0 Å². The van der Waals surface area contributed by atoms with Crippen molar-refractivity contribution in [2.24, 2.45) is 5.92 Å². The van der Waals surface area contributed by atoms with Gasteiger partial charge in [0.1, 0.15) is 0 Å². The van der Waals surface area contributed by atoms with Crippen LogP contribution in [0.3, 0.4) is 0 Å². The molecule has 0 radical (unpaired) electrons. The number of nitrogens with zero attached hydrogens (tertiary/aromatic N) is 2. The predicted octanol–water partition coefficient (Wildman–Crippen LogP) is 4.60. The molecule has 3 heteroatoms. The number of benzene rings is 1. The molecule has 3 rings (SSSR count). The molecule has 1 amide bonds. The Morgan fingerprint density at radius 1 is 1.24 bits per heavy atom. The fourth-order valence-electron chi connectivity index (χ4n) is 5.58. The monoisotopic (exact) mass is 342 g/mol. The van der Waals surface area contributed by atoms with E-state index < -0.39 is 0 Å². The number of carbonyl (C=O) groups is 1. The van der Waals surface area contributed by atoms with Crippen molar-refractivity contribution in [3.05, 3.63) is 29.8 Å². The topological polar surface area (TPSA) is 23.6 Å². The number of anilines is 1. The van der Waals surface area contributed by atoms with Gasteiger partial charge in [-0.2, -0.15) is 0 Å². The van der Waals surface area contributed by atoms with Crippen molar-refractivity contribution in [3.63, 3.8) is 0 Å². The molecular formula is C22H34N2O. The molecule has 0 aromatic heterocycles. The number of rotatable bonds is 5. The summed E-state index contributed by atoms with van der Waals surface area (Å²) >= 11 is 0. The van der Waals surface area contributed by atoms with Crippen LogP contribution in [0.2, 0.25) is 0 Å². The Morgan fingerprint density at radius 3 is 2.60 bits per heavy atom. The molecule has 3 atom stereocenters. The summed E-state index contributed by atoms with van der Waals surface area (Å²) in [5.41, 5.74) is 2.59. The van der Waals surface area contributed by atoms with Crippen LogP contribution in [0.1, 0.15) is 64.9 Å². The maximum absolute atomic E-state index is 13.4. The van der Waals surface area contributed by atoms with Gasteiger partial charge in [0.15, 0.2) is 0 Å². The minimum absolute atomic E-state index is 0.0624. The minimum atomic E-state index is -0.0624. The van der Waals surface area contributed by atoms with E-state index >= 15 is 0 Å². The van der Waals surface area contributed by atoms with Crippen LogP contribution in [-0.2, 0) is 10.2 Å². The van der Waals surface area contributed by atoms with Gasteiger partial charge in [-0.3, -0.25) is 4.79 Å². The summed E-state index contributed by atoms with van der Waals surface area (Å²) in [4.78, 5) is 17.8. The SMILES string of the molecule is CC[C@@H](C)[C@@]12CCCCC1(C)c1ccccc1N2C(=O)CCN(C)C. The van der Waals surface area contributed by atoms with Crippen molar-refractivity contribution in [2.75, 3.05) is 25.5 Å². The summed E-state index contributed by atoms with van der Waals surface area (Å²) in [6.45, 7) is 7.88. The normalized spacial score (nSPS) is 29.4. The van der Waals surface area contributed by atoms with Crippen molar-refractivity contribution < 1.29 is 4.79 Å². The third kappa shape index (κ3) is 2.63. The van der Waals surface area contributed by atoms with Crippen LogP contribution in [0.5, 0.6) is 0 Å². The molecule has 1 fully saturated rings. The highest BCUT2D eigenvalue weighted by molar-refractivity contribution is 5.98. The Balaban J connectivity index is 2.13. The Labute approximate surface area is 153 Å². The number of fused-ring (bicyclic) bond motifs is 3. The van der Waals surface area contributed by atoms with Crippen LogP contribution < -0.4 is 4.90 Å². The zero-order valence-electron chi connectivity index (χ0n) is 16.6. The Kier molecular flexibility index (Phi) is 4.98. The smallest absolute Gasteiger partial charge is 0.228 e. The molecule has 0 N–H and O–H groups in total. The van der Waals surface area contributed by atoms with E-state index in [1.165, 1.54) is 30.5 Å². The molecule has 3 nitrogen and oxygen atoms in total. The van der Waals surface area contributed by atoms with Gasteiger partial charge >= 0.3 is 0 Å². The number of hydrogen-bond acceptors (Lipinski definition) is 2. The van der Waals surface area contributed by atoms with E-state index in [1.807, 2.05) is 14.1 Å². The average molecular weight is 343 g/mol. The van der Waals surface area contributed by atoms with Crippen LogP contribution >= 0.6 is 0 Å². The number of carbonyl (C=O) groups excluding carboxylic acids is 1. The van der Waals surface area contributed by atoms with E-state index in [0.29, 0.717) is 18.2 Å². The second kappa shape index (κ2) is 6.75. The largest absolute Gasteiger partial charge is 0.309 e. The van der Waals surface area contributed by atoms with E-state index in [0.717, 1.165) is 19.4 Å². The quantitative estimate of drug-likeness (QED) is 0.780. The summed E-state index contributed by atoms with van der Waals surface area (Å²) in [5.74, 6) is 0.792. The van der Waals surface area contributed by atoms with E-state index in [9.17, 15) is 4.79 Å². The lowest BCUT2D eigenvalue weighted by molar-refractivity contribution is -0.121. The third-order valence-electron chi connectivity index (χ3n) is 7.03. The maximum Gasteiger partial charge on any atom is 0.228 e. The molecule has 1 aliphatic heterocycles. The lowest BCUT2D eigenvalue weighted by atomic mass is 9.56. The first kappa shape index (κ1) is 18.4. The molecule has 138 valence electrons. The number of amides is 1. The second-order valence-corrected chi connectivity index (χ2v) is 8.57. The van der Waals surface area contributed by atoms with Crippen molar-refractivity contribution in [1.29, 1.82) is 0 Å². The molecule has 1 unspecified atom stereocenters. The summed E-state index contributed by atoms with van der Waals surface area (Å²) in [5, 5.41) is 0. The van der Waals surface area contributed by atoms with Gasteiger partial charge in [-0.05, 0) is 44.5 Å². The van der Waals surface area contributed by atoms with Crippen LogP contribution in [0, 0.1) is 5.92 Å². The first-order valence-corrected chi connectivity index (χ1v) is 9.95. The zero-order chi connectivity index (χ0) is 18.2. The highest BCUT2D eigenvalue weighted by Crippen LogP contribution is 2.61. The van der Waals surface area contributed by atoms with Gasteiger partial charge < -0.3 is 9.80 Å². The van der Waals surface area contributed by atoms with Gasteiger partial charge in [0.05, 0.1) is 5.54 Å². The van der Waals surface area contributed by atoms with E-state index in [4.69, 9.17) is 0 Å². The fraction of sp³-hybridized carbons (Fsp3) is 0.682. The Hall–Kier alpha value is -1.35. The summed E-state index contributed by atoms with van der Waals surface area (Å²) in [6, 6.07) is 8.69. The first-order valence-electron chi connectivity index (χ1n) is 9.95. The Morgan fingerprint density at radius 2 is 1.92 bits per heavy atom. The van der Waals surface area contributed by atoms with E-state index in [-0.39, 0.29) is 11.0 Å². The second-order valence-electron chi connectivity index (χ2n) is 8.57. The number of para-hydroxylation sites is 1. The lowest BCUT2D eigenvalue weighted by Gasteiger charge is -2.55. The zero-order valence-corrected chi connectivity index (χ0v) is 16.6. The van der Waals surface area contributed by atoms with Gasteiger partial charge in [0.25, 0.3) is 0 Å². The summed E-state index contributed by atoms with van der Waals surface area (Å²) in [6.07, 6.45) is 6.51. The molecule has 2 aliphatic rings. The van der Waals surface area contributed by atoms with Crippen molar-refractivity contribution in [3.8, 4) is 0 Å². The van der Waals surface area contributed by atoms with Crippen LogP contribution in [0.15, 0.2) is 24.3 Å². The predicted molar refractivity (Wildman–Crippen MR) is 105 cm³/mol. The van der Waals surface area contributed by atoms with Gasteiger partial charge in [-0.25, -0.2) is 0 Å². The minimum Gasteiger partial charge on any atom is -0.309 e. The highest BCUT2D eigenvalue weighted by Gasteiger charge is 2.63. The van der Waals surface area contributed by atoms with Crippen molar-refractivity contribution in [2.45, 2.75) is 70.3 Å². The Bertz CT molecular complexity index is 641. The van der Waals surface area contributed by atoms with Gasteiger partial charge in [0, 0.05) is 24.1 Å². The van der Waals surface area contributed by atoms with Crippen molar-refractivity contribution >= 4 is 11.6 Å². The lowest BCUT2D eigenvalue weighted by Crippen LogP contribution is -2.64. The molecule has 1 aromatic carbocycles. The molecule has 0 bridgehead atoms. The van der Waals surface area contributed by atoms with Crippen LogP contribution in [0.4, 0.5) is 5.69 Å². The summed E-state index contributed by atoms with van der Waals surface area (Å²) in [7, 11) is 4.08. The van der Waals surface area contributed by atoms with Crippen LogP contribution in [0.25, 0.3) is 0 Å². The third-order valence-corrected chi connectivity index (χ3v) is 7.03. The molecule has 1 aliphatic carbocycles. The molecule has 1 saturated carbocycles. The highest BCUT2D eigenvalue weighted by atomic mass is 16.2. The standard InChI is InChI=1S/C22H34N2O/c1-6-17(2)22-15-10-9-14-21(22,3)18-11-7-8-12-19(18)24(22)20(25)13-16-23(4)5/h7-8,11-12,17H,6,9-10,13-16H2,1-5H3/t17-,21?,22+/m1/s1. The maximum atomic E-state index is 13.4. The molecular weight excluding hydrogens is 308 g/mol. The summed E-state index contributed by atoms with van der Waals surface area (Å²) < 4.78 is 0. The molecule has 25 heavy (non-hydrogen) atoms. The van der Waals surface area contributed by atoms with E-state index in [2.05, 4.69) is 54.8 Å². The molecule has 1 heterocycles.